The third-order valence-electron chi connectivity index (χ3n) is 4.64. The molecular weight excluding hydrogens is 440 g/mol. The second kappa shape index (κ2) is 8.49. The molecule has 0 bridgehead atoms. The van der Waals surface area contributed by atoms with Crippen LogP contribution in [0.3, 0.4) is 0 Å². The predicted octanol–water partition coefficient (Wildman–Crippen LogP) is 2.05. The van der Waals surface area contributed by atoms with E-state index in [4.69, 9.17) is 21.1 Å². The van der Waals surface area contributed by atoms with Crippen molar-refractivity contribution in [1.29, 1.82) is 0 Å². The molecule has 0 amide bonds. The molecule has 1 fully saturated rings. The summed E-state index contributed by atoms with van der Waals surface area (Å²) in [5.41, 5.74) is 0. The van der Waals surface area contributed by atoms with Crippen molar-refractivity contribution in [3.8, 4) is 11.5 Å². The fourth-order valence-corrected chi connectivity index (χ4v) is 6.58. The first-order valence-electron chi connectivity index (χ1n) is 8.68. The van der Waals surface area contributed by atoms with Gasteiger partial charge in [0.05, 0.1) is 19.2 Å². The zero-order chi connectivity index (χ0) is 21.2. The van der Waals surface area contributed by atoms with E-state index in [0.29, 0.717) is 5.75 Å². The number of sulfonamides is 2. The maximum atomic E-state index is 13.1. The Morgan fingerprint density at radius 2 is 1.34 bits per heavy atom. The van der Waals surface area contributed by atoms with Crippen LogP contribution in [0.2, 0.25) is 5.02 Å². The van der Waals surface area contributed by atoms with Gasteiger partial charge in [0.15, 0.2) is 0 Å². The molecule has 8 nitrogen and oxygen atoms in total. The molecule has 11 heteroatoms. The van der Waals surface area contributed by atoms with Crippen LogP contribution in [0, 0.1) is 0 Å². The van der Waals surface area contributed by atoms with Crippen molar-refractivity contribution in [2.45, 2.75) is 9.79 Å². The summed E-state index contributed by atoms with van der Waals surface area (Å²) in [6, 6.07) is 10.7. The van der Waals surface area contributed by atoms with Crippen molar-refractivity contribution in [2.24, 2.45) is 0 Å². The summed E-state index contributed by atoms with van der Waals surface area (Å²) in [4.78, 5) is -0.0193. The van der Waals surface area contributed by atoms with Gasteiger partial charge in [-0.2, -0.15) is 8.61 Å². The van der Waals surface area contributed by atoms with Gasteiger partial charge in [-0.3, -0.25) is 0 Å². The second-order valence-electron chi connectivity index (χ2n) is 6.26. The number of hydrogen-bond acceptors (Lipinski definition) is 6. The molecule has 2 aromatic rings. The van der Waals surface area contributed by atoms with Crippen LogP contribution in [0.4, 0.5) is 0 Å². The molecule has 0 atom stereocenters. The Morgan fingerprint density at radius 3 is 1.86 bits per heavy atom. The monoisotopic (exact) mass is 460 g/mol. The average molecular weight is 461 g/mol. The zero-order valence-electron chi connectivity index (χ0n) is 15.9. The third-order valence-corrected chi connectivity index (χ3v) is 8.96. The van der Waals surface area contributed by atoms with Gasteiger partial charge in [-0.05, 0) is 24.3 Å². The summed E-state index contributed by atoms with van der Waals surface area (Å²) in [7, 11) is -4.89. The van der Waals surface area contributed by atoms with Crippen LogP contribution in [0.5, 0.6) is 11.5 Å². The van der Waals surface area contributed by atoms with Gasteiger partial charge in [-0.15, -0.1) is 0 Å². The van der Waals surface area contributed by atoms with Crippen LogP contribution < -0.4 is 9.47 Å². The number of methoxy groups -OCH3 is 2. The molecule has 0 radical (unpaired) electrons. The minimum absolute atomic E-state index is 0.00633. The molecule has 29 heavy (non-hydrogen) atoms. The van der Waals surface area contributed by atoms with Gasteiger partial charge in [0.2, 0.25) is 20.0 Å². The van der Waals surface area contributed by atoms with E-state index in [-0.39, 0.29) is 46.7 Å². The topological polar surface area (TPSA) is 93.2 Å². The Hall–Kier alpha value is -1.85. The van der Waals surface area contributed by atoms with Gasteiger partial charge in [-0.25, -0.2) is 16.8 Å². The van der Waals surface area contributed by atoms with Crippen LogP contribution in [-0.2, 0) is 20.0 Å². The molecule has 2 aromatic carbocycles. The van der Waals surface area contributed by atoms with Crippen LogP contribution in [0.25, 0.3) is 0 Å². The number of halogens is 1. The van der Waals surface area contributed by atoms with Gasteiger partial charge in [0.25, 0.3) is 0 Å². The lowest BCUT2D eigenvalue weighted by Gasteiger charge is -2.33. The highest BCUT2D eigenvalue weighted by Crippen LogP contribution is 2.32. The van der Waals surface area contributed by atoms with Crippen LogP contribution >= 0.6 is 11.6 Å². The maximum absolute atomic E-state index is 13.1. The van der Waals surface area contributed by atoms with E-state index in [9.17, 15) is 16.8 Å². The Kier molecular flexibility index (Phi) is 6.39. The van der Waals surface area contributed by atoms with Gasteiger partial charge < -0.3 is 9.47 Å². The number of ether oxygens (including phenoxy) is 2. The quantitative estimate of drug-likeness (QED) is 0.655. The first-order chi connectivity index (χ1) is 13.7. The van der Waals surface area contributed by atoms with Gasteiger partial charge in [0.1, 0.15) is 21.3 Å². The Bertz CT molecular complexity index is 1100. The summed E-state index contributed by atoms with van der Waals surface area (Å²) in [6.07, 6.45) is 0. The predicted molar refractivity (Wildman–Crippen MR) is 109 cm³/mol. The molecule has 1 heterocycles. The molecule has 158 valence electrons. The normalized spacial score (nSPS) is 16.5. The van der Waals surface area contributed by atoms with Crippen LogP contribution in [-0.4, -0.2) is 65.8 Å². The average Bonchev–Trinajstić information content (AvgIpc) is 2.73. The molecule has 0 aliphatic carbocycles. The number of benzene rings is 2. The summed E-state index contributed by atoms with van der Waals surface area (Å²) in [5, 5.41) is 0.128. The Balaban J connectivity index is 1.83. The van der Waals surface area contributed by atoms with Crippen molar-refractivity contribution in [2.75, 3.05) is 40.4 Å². The van der Waals surface area contributed by atoms with Crippen molar-refractivity contribution >= 4 is 31.6 Å². The molecule has 0 saturated carbocycles. The maximum Gasteiger partial charge on any atom is 0.246 e. The van der Waals surface area contributed by atoms with Crippen molar-refractivity contribution in [3.05, 3.63) is 47.5 Å². The minimum Gasteiger partial charge on any atom is -0.497 e. The smallest absolute Gasteiger partial charge is 0.246 e. The SMILES string of the molecule is COc1ccc(OC)c(S(=O)(=O)N2CCN(S(=O)(=O)c3ccccc3Cl)CC2)c1. The molecule has 0 N–H and O–H groups in total. The molecule has 3 rings (SSSR count). The van der Waals surface area contributed by atoms with Crippen LogP contribution in [0.1, 0.15) is 0 Å². The Labute approximate surface area is 175 Å². The summed E-state index contributed by atoms with van der Waals surface area (Å²) < 4.78 is 64.7. The first-order valence-corrected chi connectivity index (χ1v) is 11.9. The third kappa shape index (κ3) is 4.22. The highest BCUT2D eigenvalue weighted by atomic mass is 35.5. The molecule has 0 aromatic heterocycles. The number of hydrogen-bond donors (Lipinski definition) is 0. The lowest BCUT2D eigenvalue weighted by Crippen LogP contribution is -2.50. The number of piperazine rings is 1. The number of nitrogens with zero attached hydrogens (tertiary/aromatic N) is 2. The zero-order valence-corrected chi connectivity index (χ0v) is 18.3. The molecule has 1 aliphatic heterocycles. The fraction of sp³-hybridized carbons (Fsp3) is 0.333. The van der Waals surface area contributed by atoms with E-state index in [0.717, 1.165) is 0 Å². The fourth-order valence-electron chi connectivity index (χ4n) is 3.07. The van der Waals surface area contributed by atoms with Crippen molar-refractivity contribution in [1.82, 2.24) is 8.61 Å². The van der Waals surface area contributed by atoms with Crippen molar-refractivity contribution in [3.63, 3.8) is 0 Å². The van der Waals surface area contributed by atoms with Gasteiger partial charge >= 0.3 is 0 Å². The van der Waals surface area contributed by atoms with E-state index in [1.165, 1.54) is 47.1 Å². The second-order valence-corrected chi connectivity index (χ2v) is 10.5. The van der Waals surface area contributed by atoms with Gasteiger partial charge in [-0.1, -0.05) is 23.7 Å². The Morgan fingerprint density at radius 1 is 0.793 bits per heavy atom. The standard InChI is InChI=1S/C18H21ClN2O6S2/c1-26-14-7-8-16(27-2)18(13-14)29(24,25)21-11-9-20(10-12-21)28(22,23)17-6-4-3-5-15(17)19/h3-8,13H,9-12H2,1-2H3. The number of rotatable bonds is 6. The summed E-state index contributed by atoms with van der Waals surface area (Å²) in [6.45, 7) is 0.0386. The van der Waals surface area contributed by atoms with E-state index < -0.39 is 20.0 Å². The van der Waals surface area contributed by atoms with E-state index in [2.05, 4.69) is 0 Å². The largest absolute Gasteiger partial charge is 0.497 e. The minimum atomic E-state index is -3.90. The molecule has 1 aliphatic rings. The van der Waals surface area contributed by atoms with E-state index in [1.54, 1.807) is 18.2 Å². The van der Waals surface area contributed by atoms with E-state index >= 15 is 0 Å². The van der Waals surface area contributed by atoms with E-state index in [1.807, 2.05) is 0 Å². The molecule has 0 unspecified atom stereocenters. The summed E-state index contributed by atoms with van der Waals surface area (Å²) in [5.74, 6) is 0.571. The highest BCUT2D eigenvalue weighted by Gasteiger charge is 2.35. The van der Waals surface area contributed by atoms with Crippen LogP contribution in [0.15, 0.2) is 52.3 Å². The molecular formula is C18H21ClN2O6S2. The molecule has 1 saturated heterocycles. The lowest BCUT2D eigenvalue weighted by atomic mass is 10.3. The van der Waals surface area contributed by atoms with Gasteiger partial charge in [0, 0.05) is 32.2 Å². The lowest BCUT2D eigenvalue weighted by molar-refractivity contribution is 0.272. The molecule has 0 spiro atoms. The first kappa shape index (κ1) is 21.8. The highest BCUT2D eigenvalue weighted by molar-refractivity contribution is 7.89. The summed E-state index contributed by atoms with van der Waals surface area (Å²) >= 11 is 6.03. The van der Waals surface area contributed by atoms with Crippen molar-refractivity contribution < 1.29 is 26.3 Å².